The Hall–Kier alpha value is -1.76. The second-order valence-electron chi connectivity index (χ2n) is 4.52. The van der Waals surface area contributed by atoms with Gasteiger partial charge in [0.25, 0.3) is 5.56 Å². The topological polar surface area (TPSA) is 112 Å². The molecule has 0 saturated carbocycles. The molecule has 6 heteroatoms. The SMILES string of the molecule is Cc1nc2ccc(C(O)C(O)CCN)cc2c(=O)[nH]1. The Bertz CT molecular complexity index is 639. The average molecular weight is 263 g/mol. The monoisotopic (exact) mass is 263 g/mol. The number of nitrogens with two attached hydrogens (primary N) is 1. The fourth-order valence-corrected chi connectivity index (χ4v) is 2.01. The summed E-state index contributed by atoms with van der Waals surface area (Å²) in [7, 11) is 0. The summed E-state index contributed by atoms with van der Waals surface area (Å²) < 4.78 is 0. The maximum Gasteiger partial charge on any atom is 0.258 e. The first-order chi connectivity index (χ1) is 9.02. The van der Waals surface area contributed by atoms with E-state index in [1.54, 1.807) is 25.1 Å². The predicted octanol–water partition coefficient (Wildman–Crippen LogP) is -0.0254. The molecule has 5 N–H and O–H groups in total. The lowest BCUT2D eigenvalue weighted by Gasteiger charge is -2.17. The molecule has 0 aliphatic heterocycles. The van der Waals surface area contributed by atoms with Crippen molar-refractivity contribution in [2.45, 2.75) is 25.6 Å². The first kappa shape index (κ1) is 13.7. The molecule has 0 bridgehead atoms. The van der Waals surface area contributed by atoms with Gasteiger partial charge < -0.3 is 20.9 Å². The lowest BCUT2D eigenvalue weighted by molar-refractivity contribution is 0.0151. The van der Waals surface area contributed by atoms with E-state index in [0.717, 1.165) is 0 Å². The molecule has 102 valence electrons. The number of nitrogens with one attached hydrogen (secondary N) is 1. The molecule has 0 amide bonds. The van der Waals surface area contributed by atoms with Crippen molar-refractivity contribution >= 4 is 10.9 Å². The van der Waals surface area contributed by atoms with Crippen molar-refractivity contribution in [2.24, 2.45) is 5.73 Å². The van der Waals surface area contributed by atoms with Gasteiger partial charge in [-0.1, -0.05) is 6.07 Å². The van der Waals surface area contributed by atoms with E-state index in [4.69, 9.17) is 5.73 Å². The number of aryl methyl sites for hydroxylation is 1. The Morgan fingerprint density at radius 2 is 2.16 bits per heavy atom. The van der Waals surface area contributed by atoms with E-state index in [9.17, 15) is 15.0 Å². The summed E-state index contributed by atoms with van der Waals surface area (Å²) in [6.07, 6.45) is -1.71. The van der Waals surface area contributed by atoms with Gasteiger partial charge in [0, 0.05) is 0 Å². The largest absolute Gasteiger partial charge is 0.390 e. The van der Waals surface area contributed by atoms with Crippen molar-refractivity contribution in [1.29, 1.82) is 0 Å². The zero-order valence-corrected chi connectivity index (χ0v) is 10.6. The summed E-state index contributed by atoms with van der Waals surface area (Å²) in [4.78, 5) is 18.6. The highest BCUT2D eigenvalue weighted by molar-refractivity contribution is 5.78. The molecule has 0 spiro atoms. The molecule has 0 aliphatic rings. The lowest BCUT2D eigenvalue weighted by Crippen LogP contribution is -2.22. The summed E-state index contributed by atoms with van der Waals surface area (Å²) in [5.41, 5.74) is 6.12. The number of aromatic amines is 1. The normalized spacial score (nSPS) is 14.5. The van der Waals surface area contributed by atoms with E-state index in [1.807, 2.05) is 0 Å². The third kappa shape index (κ3) is 2.81. The van der Waals surface area contributed by atoms with Crippen LogP contribution >= 0.6 is 0 Å². The van der Waals surface area contributed by atoms with Gasteiger partial charge in [-0.2, -0.15) is 0 Å². The molecule has 1 aromatic heterocycles. The molecule has 0 saturated heterocycles. The number of fused-ring (bicyclic) bond motifs is 1. The number of hydrogen-bond donors (Lipinski definition) is 4. The maximum atomic E-state index is 11.8. The van der Waals surface area contributed by atoms with Crippen LogP contribution < -0.4 is 11.3 Å². The van der Waals surface area contributed by atoms with E-state index >= 15 is 0 Å². The van der Waals surface area contributed by atoms with E-state index in [-0.39, 0.29) is 12.1 Å². The molecule has 19 heavy (non-hydrogen) atoms. The van der Waals surface area contributed by atoms with Crippen molar-refractivity contribution in [2.75, 3.05) is 6.54 Å². The molecular weight excluding hydrogens is 246 g/mol. The highest BCUT2D eigenvalue weighted by atomic mass is 16.3. The van der Waals surface area contributed by atoms with Gasteiger partial charge in [0.2, 0.25) is 0 Å². The van der Waals surface area contributed by atoms with Crippen LogP contribution in [0.2, 0.25) is 0 Å². The van der Waals surface area contributed by atoms with Crippen LogP contribution in [0.25, 0.3) is 10.9 Å². The van der Waals surface area contributed by atoms with Gasteiger partial charge in [-0.15, -0.1) is 0 Å². The Kier molecular flexibility index (Phi) is 3.94. The Morgan fingerprint density at radius 3 is 2.84 bits per heavy atom. The molecule has 0 aliphatic carbocycles. The van der Waals surface area contributed by atoms with Crippen LogP contribution in [0.1, 0.15) is 23.9 Å². The molecule has 1 aromatic carbocycles. The van der Waals surface area contributed by atoms with E-state index in [2.05, 4.69) is 9.97 Å². The van der Waals surface area contributed by atoms with Crippen LogP contribution in [-0.2, 0) is 0 Å². The highest BCUT2D eigenvalue weighted by Gasteiger charge is 2.18. The second kappa shape index (κ2) is 5.48. The average Bonchev–Trinajstić information content (AvgIpc) is 2.37. The third-order valence-electron chi connectivity index (χ3n) is 3.02. The van der Waals surface area contributed by atoms with Crippen LogP contribution in [-0.4, -0.2) is 32.8 Å². The molecule has 2 unspecified atom stereocenters. The number of benzene rings is 1. The summed E-state index contributed by atoms with van der Waals surface area (Å²) in [5, 5.41) is 20.1. The fourth-order valence-electron chi connectivity index (χ4n) is 2.01. The Morgan fingerprint density at radius 1 is 1.42 bits per heavy atom. The van der Waals surface area contributed by atoms with Gasteiger partial charge in [0.1, 0.15) is 11.9 Å². The van der Waals surface area contributed by atoms with Gasteiger partial charge in [0.05, 0.1) is 17.0 Å². The third-order valence-corrected chi connectivity index (χ3v) is 3.02. The standard InChI is InChI=1S/C13H17N3O3/c1-7-15-10-3-2-8(6-9(10)13(19)16-7)12(18)11(17)4-5-14/h2-3,6,11-12,17-18H,4-5,14H2,1H3,(H,15,16,19). The minimum Gasteiger partial charge on any atom is -0.390 e. The smallest absolute Gasteiger partial charge is 0.258 e. The number of hydrogen-bond acceptors (Lipinski definition) is 5. The molecule has 2 rings (SSSR count). The summed E-state index contributed by atoms with van der Waals surface area (Å²) in [6.45, 7) is 1.99. The number of aliphatic hydroxyl groups excluding tert-OH is 2. The highest BCUT2D eigenvalue weighted by Crippen LogP contribution is 2.21. The summed E-state index contributed by atoms with van der Waals surface area (Å²) in [6, 6.07) is 4.86. The molecule has 0 fully saturated rings. The van der Waals surface area contributed by atoms with Crippen molar-refractivity contribution in [3.8, 4) is 0 Å². The zero-order chi connectivity index (χ0) is 14.0. The first-order valence-electron chi connectivity index (χ1n) is 6.09. The summed E-state index contributed by atoms with van der Waals surface area (Å²) in [5.74, 6) is 0.536. The molecular formula is C13H17N3O3. The van der Waals surface area contributed by atoms with E-state index in [1.165, 1.54) is 0 Å². The molecule has 2 aromatic rings. The van der Waals surface area contributed by atoms with E-state index in [0.29, 0.717) is 28.7 Å². The van der Waals surface area contributed by atoms with Crippen LogP contribution in [0.5, 0.6) is 0 Å². The first-order valence-corrected chi connectivity index (χ1v) is 6.09. The van der Waals surface area contributed by atoms with Gasteiger partial charge >= 0.3 is 0 Å². The number of aromatic nitrogens is 2. The fraction of sp³-hybridized carbons (Fsp3) is 0.385. The van der Waals surface area contributed by atoms with Crippen LogP contribution in [0.3, 0.4) is 0 Å². The van der Waals surface area contributed by atoms with Crippen molar-refractivity contribution in [3.05, 3.63) is 39.9 Å². The van der Waals surface area contributed by atoms with Crippen LogP contribution in [0.15, 0.2) is 23.0 Å². The van der Waals surface area contributed by atoms with Gasteiger partial charge in [-0.3, -0.25) is 4.79 Å². The van der Waals surface area contributed by atoms with Crippen molar-refractivity contribution < 1.29 is 10.2 Å². The number of aliphatic hydroxyl groups is 2. The Balaban J connectivity index is 2.44. The lowest BCUT2D eigenvalue weighted by atomic mass is 10.0. The van der Waals surface area contributed by atoms with Crippen molar-refractivity contribution in [3.63, 3.8) is 0 Å². The molecule has 2 atom stereocenters. The minimum absolute atomic E-state index is 0.259. The Labute approximate surface area is 109 Å². The van der Waals surface area contributed by atoms with Gasteiger partial charge in [0.15, 0.2) is 0 Å². The maximum absolute atomic E-state index is 11.8. The number of H-pyrrole nitrogens is 1. The van der Waals surface area contributed by atoms with Crippen LogP contribution in [0.4, 0.5) is 0 Å². The summed E-state index contributed by atoms with van der Waals surface area (Å²) >= 11 is 0. The molecule has 0 radical (unpaired) electrons. The van der Waals surface area contributed by atoms with Gasteiger partial charge in [-0.05, 0) is 37.6 Å². The molecule has 6 nitrogen and oxygen atoms in total. The quantitative estimate of drug-likeness (QED) is 0.619. The van der Waals surface area contributed by atoms with Gasteiger partial charge in [-0.25, -0.2) is 4.98 Å². The number of rotatable bonds is 4. The zero-order valence-electron chi connectivity index (χ0n) is 10.6. The van der Waals surface area contributed by atoms with E-state index < -0.39 is 12.2 Å². The predicted molar refractivity (Wildman–Crippen MR) is 71.7 cm³/mol. The molecule has 1 heterocycles. The van der Waals surface area contributed by atoms with Crippen LogP contribution in [0, 0.1) is 6.92 Å². The minimum atomic E-state index is -1.06. The second-order valence-corrected chi connectivity index (χ2v) is 4.52. The van der Waals surface area contributed by atoms with Crippen molar-refractivity contribution in [1.82, 2.24) is 9.97 Å². The number of nitrogens with zero attached hydrogens (tertiary/aromatic N) is 1.